The van der Waals surface area contributed by atoms with Gasteiger partial charge >= 0.3 is 6.18 Å². The summed E-state index contributed by atoms with van der Waals surface area (Å²) in [4.78, 5) is 23.5. The van der Waals surface area contributed by atoms with Crippen LogP contribution in [0.4, 0.5) is 13.2 Å². The Labute approximate surface area is 183 Å². The molecule has 0 unspecified atom stereocenters. The predicted octanol–water partition coefficient (Wildman–Crippen LogP) is 4.62. The van der Waals surface area contributed by atoms with Gasteiger partial charge in [0, 0.05) is 37.6 Å². The molecule has 1 aliphatic carbocycles. The van der Waals surface area contributed by atoms with Crippen LogP contribution in [-0.4, -0.2) is 44.2 Å². The number of benzene rings is 1. The summed E-state index contributed by atoms with van der Waals surface area (Å²) in [5.41, 5.74) is 2.76. The van der Waals surface area contributed by atoms with E-state index in [9.17, 15) is 18.0 Å². The molecule has 2 aromatic heterocycles. The number of amides is 1. The Hall–Kier alpha value is -3.36. The topological polar surface area (TPSA) is 60.2 Å². The number of ether oxygens (including phenoxy) is 1. The summed E-state index contributed by atoms with van der Waals surface area (Å²) in [5.74, 6) is 0.0409. The molecule has 1 amide bonds. The van der Waals surface area contributed by atoms with Crippen molar-refractivity contribution in [3.05, 3.63) is 66.4 Å². The minimum atomic E-state index is -4.38. The first-order valence-electron chi connectivity index (χ1n) is 10.3. The lowest BCUT2D eigenvalue weighted by atomic mass is 9.90. The van der Waals surface area contributed by atoms with Crippen LogP contribution in [0, 0.1) is 0 Å². The fraction of sp³-hybridized carbons (Fsp3) is 0.348. The van der Waals surface area contributed by atoms with Gasteiger partial charge in [-0.3, -0.25) is 9.78 Å². The Balaban J connectivity index is 1.49. The van der Waals surface area contributed by atoms with Crippen LogP contribution >= 0.6 is 0 Å². The Morgan fingerprint density at radius 3 is 2.53 bits per heavy atom. The maximum Gasteiger partial charge on any atom is 0.422 e. The van der Waals surface area contributed by atoms with E-state index in [1.54, 1.807) is 35.4 Å². The molecule has 6 nitrogen and oxygen atoms in total. The van der Waals surface area contributed by atoms with Gasteiger partial charge < -0.3 is 14.2 Å². The number of aryl methyl sites for hydroxylation is 1. The molecule has 2 heterocycles. The number of hydrogen-bond acceptors (Lipinski definition) is 4. The highest BCUT2D eigenvalue weighted by Crippen LogP contribution is 2.29. The fourth-order valence-electron chi connectivity index (χ4n) is 3.55. The van der Waals surface area contributed by atoms with E-state index >= 15 is 0 Å². The van der Waals surface area contributed by atoms with Crippen molar-refractivity contribution in [3.63, 3.8) is 0 Å². The lowest BCUT2D eigenvalue weighted by molar-refractivity contribution is -0.153. The smallest absolute Gasteiger partial charge is 0.422 e. The molecule has 0 atom stereocenters. The molecule has 9 heteroatoms. The summed E-state index contributed by atoms with van der Waals surface area (Å²) in [5, 5.41) is 0. The molecule has 1 aliphatic rings. The summed E-state index contributed by atoms with van der Waals surface area (Å²) in [7, 11) is 1.83. The first-order chi connectivity index (χ1) is 15.3. The first kappa shape index (κ1) is 21.9. The average molecular weight is 444 g/mol. The summed E-state index contributed by atoms with van der Waals surface area (Å²) in [6.45, 7) is -0.899. The molecule has 4 rings (SSSR count). The number of carbonyl (C=O) groups is 1. The molecular formula is C23H23F3N4O2. The third-order valence-corrected chi connectivity index (χ3v) is 5.43. The third-order valence-electron chi connectivity index (χ3n) is 5.43. The standard InChI is InChI=1S/C23H23F3N4O2/c1-29-13-21(28-15-29)22(31)30(18-3-2-4-18)12-16-9-10-27-20(11-16)17-5-7-19(8-6-17)32-14-23(24,25)26/h5-11,13,15,18H,2-4,12,14H2,1H3. The van der Waals surface area contributed by atoms with Crippen molar-refractivity contribution in [1.82, 2.24) is 19.4 Å². The number of aromatic nitrogens is 3. The Morgan fingerprint density at radius 1 is 1.19 bits per heavy atom. The highest BCUT2D eigenvalue weighted by atomic mass is 19.4. The summed E-state index contributed by atoms with van der Waals surface area (Å²) in [6.07, 6.45) is 3.65. The van der Waals surface area contributed by atoms with E-state index in [0.717, 1.165) is 30.4 Å². The van der Waals surface area contributed by atoms with Crippen LogP contribution in [0.25, 0.3) is 11.3 Å². The van der Waals surface area contributed by atoms with Crippen LogP contribution in [0.2, 0.25) is 0 Å². The molecule has 32 heavy (non-hydrogen) atoms. The van der Waals surface area contributed by atoms with Crippen molar-refractivity contribution in [2.45, 2.75) is 38.0 Å². The lowest BCUT2D eigenvalue weighted by Crippen LogP contribution is -2.43. The molecule has 0 N–H and O–H groups in total. The predicted molar refractivity (Wildman–Crippen MR) is 112 cm³/mol. The number of halogens is 3. The monoisotopic (exact) mass is 444 g/mol. The second kappa shape index (κ2) is 9.02. The highest BCUT2D eigenvalue weighted by Gasteiger charge is 2.31. The zero-order chi connectivity index (χ0) is 22.7. The van der Waals surface area contributed by atoms with Crippen molar-refractivity contribution >= 4 is 5.91 Å². The van der Waals surface area contributed by atoms with Crippen LogP contribution in [0.3, 0.4) is 0 Å². The first-order valence-corrected chi connectivity index (χ1v) is 10.3. The van der Waals surface area contributed by atoms with Crippen LogP contribution < -0.4 is 4.74 Å². The molecule has 1 fully saturated rings. The number of imidazole rings is 1. The third kappa shape index (κ3) is 5.27. The number of hydrogen-bond donors (Lipinski definition) is 0. The fourth-order valence-corrected chi connectivity index (χ4v) is 3.55. The van der Waals surface area contributed by atoms with Crippen molar-refractivity contribution in [1.29, 1.82) is 0 Å². The highest BCUT2D eigenvalue weighted by molar-refractivity contribution is 5.92. The van der Waals surface area contributed by atoms with Gasteiger partial charge in [-0.1, -0.05) is 0 Å². The lowest BCUT2D eigenvalue weighted by Gasteiger charge is -2.37. The van der Waals surface area contributed by atoms with E-state index in [2.05, 4.69) is 9.97 Å². The molecule has 1 saturated carbocycles. The maximum absolute atomic E-state index is 13.1. The minimum absolute atomic E-state index is 0.0974. The SMILES string of the molecule is Cn1cnc(C(=O)N(Cc2ccnc(-c3ccc(OCC(F)(F)F)cc3)c2)C2CCC2)c1. The maximum atomic E-state index is 13.1. The van der Waals surface area contributed by atoms with Gasteiger partial charge in [0.1, 0.15) is 11.4 Å². The molecule has 0 bridgehead atoms. The summed E-state index contributed by atoms with van der Waals surface area (Å²) >= 11 is 0. The normalized spacial score (nSPS) is 14.1. The summed E-state index contributed by atoms with van der Waals surface area (Å²) in [6, 6.07) is 10.2. The van der Waals surface area contributed by atoms with Gasteiger partial charge in [-0.2, -0.15) is 13.2 Å². The molecule has 0 saturated heterocycles. The van der Waals surface area contributed by atoms with Crippen molar-refractivity contribution in [2.24, 2.45) is 7.05 Å². The Bertz CT molecular complexity index is 1080. The zero-order valence-corrected chi connectivity index (χ0v) is 17.5. The van der Waals surface area contributed by atoms with Crippen molar-refractivity contribution in [2.75, 3.05) is 6.61 Å². The van der Waals surface area contributed by atoms with Gasteiger partial charge in [0.05, 0.1) is 12.0 Å². The van der Waals surface area contributed by atoms with Gasteiger partial charge in [0.15, 0.2) is 6.61 Å². The van der Waals surface area contributed by atoms with Gasteiger partial charge in [-0.05, 0) is 61.2 Å². The molecule has 168 valence electrons. The average Bonchev–Trinajstić information content (AvgIpc) is 3.16. The zero-order valence-electron chi connectivity index (χ0n) is 17.5. The van der Waals surface area contributed by atoms with E-state index < -0.39 is 12.8 Å². The van der Waals surface area contributed by atoms with Crippen LogP contribution in [-0.2, 0) is 13.6 Å². The van der Waals surface area contributed by atoms with E-state index in [4.69, 9.17) is 4.74 Å². The minimum Gasteiger partial charge on any atom is -0.484 e. The molecule has 3 aromatic rings. The number of alkyl halides is 3. The second-order valence-corrected chi connectivity index (χ2v) is 7.92. The molecular weight excluding hydrogens is 421 g/mol. The number of nitrogens with zero attached hydrogens (tertiary/aromatic N) is 4. The summed E-state index contributed by atoms with van der Waals surface area (Å²) < 4.78 is 43.5. The van der Waals surface area contributed by atoms with Crippen LogP contribution in [0.5, 0.6) is 5.75 Å². The quantitative estimate of drug-likeness (QED) is 0.534. The van der Waals surface area contributed by atoms with E-state index in [1.165, 1.54) is 12.1 Å². The van der Waals surface area contributed by atoms with Gasteiger partial charge in [0.25, 0.3) is 5.91 Å². The van der Waals surface area contributed by atoms with Gasteiger partial charge in [-0.25, -0.2) is 4.98 Å². The van der Waals surface area contributed by atoms with E-state index in [0.29, 0.717) is 17.9 Å². The Kier molecular flexibility index (Phi) is 6.16. The molecule has 0 aliphatic heterocycles. The van der Waals surface area contributed by atoms with Crippen LogP contribution in [0.1, 0.15) is 35.3 Å². The van der Waals surface area contributed by atoms with Crippen molar-refractivity contribution < 1.29 is 22.7 Å². The molecule has 0 spiro atoms. The van der Waals surface area contributed by atoms with E-state index in [-0.39, 0.29) is 17.7 Å². The number of pyridine rings is 1. The Morgan fingerprint density at radius 2 is 1.94 bits per heavy atom. The van der Waals surface area contributed by atoms with Crippen LogP contribution in [0.15, 0.2) is 55.1 Å². The molecule has 0 radical (unpaired) electrons. The second-order valence-electron chi connectivity index (χ2n) is 7.92. The van der Waals surface area contributed by atoms with Gasteiger partial charge in [-0.15, -0.1) is 0 Å². The largest absolute Gasteiger partial charge is 0.484 e. The van der Waals surface area contributed by atoms with E-state index in [1.807, 2.05) is 24.1 Å². The number of rotatable bonds is 7. The number of carbonyl (C=O) groups excluding carboxylic acids is 1. The van der Waals surface area contributed by atoms with Gasteiger partial charge in [0.2, 0.25) is 0 Å². The molecule has 1 aromatic carbocycles. The van der Waals surface area contributed by atoms with Crippen molar-refractivity contribution in [3.8, 4) is 17.0 Å².